The van der Waals surface area contributed by atoms with Gasteiger partial charge >= 0.3 is 0 Å². The van der Waals surface area contributed by atoms with Crippen molar-refractivity contribution in [3.05, 3.63) is 51.6 Å². The zero-order chi connectivity index (χ0) is 22.4. The molecule has 4 heteroatoms. The van der Waals surface area contributed by atoms with E-state index >= 15 is 0 Å². The van der Waals surface area contributed by atoms with Crippen LogP contribution in [0.15, 0.2) is 18.2 Å². The van der Waals surface area contributed by atoms with Crippen LogP contribution in [0.25, 0.3) is 0 Å². The average Bonchev–Trinajstić information content (AvgIpc) is 3.07. The Kier molecular flexibility index (Phi) is 5.90. The molecule has 3 rings (SSSR count). The largest absolute Gasteiger partial charge is 0.508 e. The van der Waals surface area contributed by atoms with Crippen LogP contribution in [0.2, 0.25) is 0 Å². The van der Waals surface area contributed by atoms with Crippen molar-refractivity contribution in [2.24, 2.45) is 5.41 Å². The summed E-state index contributed by atoms with van der Waals surface area (Å²) in [4.78, 5) is 12.7. The molecule has 1 atom stereocenters. The lowest BCUT2D eigenvalue weighted by molar-refractivity contribution is -0.117. The van der Waals surface area contributed by atoms with Crippen molar-refractivity contribution in [3.63, 3.8) is 0 Å². The Balaban J connectivity index is 2.04. The minimum atomic E-state index is -0.0704. The van der Waals surface area contributed by atoms with Gasteiger partial charge in [-0.1, -0.05) is 46.8 Å². The third-order valence-electron chi connectivity index (χ3n) is 6.08. The SMILES string of the molecule is Cc1c(C)c2c(c(C)c1NC(=O)CC(C)(C)C)C(c1ccc(C(C)C)c(O)c1)CO2. The van der Waals surface area contributed by atoms with E-state index in [-0.39, 0.29) is 23.2 Å². The highest BCUT2D eigenvalue weighted by Crippen LogP contribution is 2.47. The molecule has 0 fully saturated rings. The van der Waals surface area contributed by atoms with Crippen LogP contribution in [-0.2, 0) is 4.79 Å². The van der Waals surface area contributed by atoms with Crippen LogP contribution >= 0.6 is 0 Å². The number of fused-ring (bicyclic) bond motifs is 1. The van der Waals surface area contributed by atoms with E-state index in [1.165, 1.54) is 0 Å². The molecule has 162 valence electrons. The second-order valence-electron chi connectivity index (χ2n) is 10.1. The molecule has 1 unspecified atom stereocenters. The highest BCUT2D eigenvalue weighted by Gasteiger charge is 2.32. The molecule has 1 aliphatic rings. The quantitative estimate of drug-likeness (QED) is 0.619. The Morgan fingerprint density at radius 2 is 1.83 bits per heavy atom. The first-order valence-corrected chi connectivity index (χ1v) is 10.8. The van der Waals surface area contributed by atoms with Crippen molar-refractivity contribution in [1.29, 1.82) is 0 Å². The summed E-state index contributed by atoms with van der Waals surface area (Å²) in [5.41, 5.74) is 7.07. The smallest absolute Gasteiger partial charge is 0.224 e. The van der Waals surface area contributed by atoms with E-state index in [4.69, 9.17) is 4.74 Å². The summed E-state index contributed by atoms with van der Waals surface area (Å²) in [7, 11) is 0. The third-order valence-corrected chi connectivity index (χ3v) is 6.08. The Hall–Kier alpha value is -2.49. The van der Waals surface area contributed by atoms with Crippen molar-refractivity contribution < 1.29 is 14.6 Å². The Morgan fingerprint density at radius 3 is 2.40 bits per heavy atom. The number of aromatic hydroxyl groups is 1. The van der Waals surface area contributed by atoms with Crippen LogP contribution in [0.4, 0.5) is 5.69 Å². The molecule has 0 radical (unpaired) electrons. The van der Waals surface area contributed by atoms with Gasteiger partial charge in [0.25, 0.3) is 0 Å². The van der Waals surface area contributed by atoms with Gasteiger partial charge in [0.2, 0.25) is 5.91 Å². The van der Waals surface area contributed by atoms with E-state index < -0.39 is 0 Å². The van der Waals surface area contributed by atoms with Crippen LogP contribution in [-0.4, -0.2) is 17.6 Å². The van der Waals surface area contributed by atoms with Crippen molar-refractivity contribution in [2.45, 2.75) is 73.6 Å². The number of carbonyl (C=O) groups is 1. The van der Waals surface area contributed by atoms with Crippen molar-refractivity contribution in [2.75, 3.05) is 11.9 Å². The van der Waals surface area contributed by atoms with Crippen LogP contribution in [0, 0.1) is 26.2 Å². The zero-order valence-electron chi connectivity index (χ0n) is 19.6. The number of ether oxygens (including phenoxy) is 1. The second kappa shape index (κ2) is 7.98. The van der Waals surface area contributed by atoms with E-state index in [2.05, 4.69) is 59.8 Å². The lowest BCUT2D eigenvalue weighted by atomic mass is 9.85. The van der Waals surface area contributed by atoms with Gasteiger partial charge < -0.3 is 15.2 Å². The molecule has 0 aromatic heterocycles. The molecule has 4 nitrogen and oxygen atoms in total. The predicted octanol–water partition coefficient (Wildman–Crippen LogP) is 6.34. The molecule has 1 amide bonds. The maximum atomic E-state index is 12.7. The number of carbonyl (C=O) groups excluding carboxylic acids is 1. The van der Waals surface area contributed by atoms with Gasteiger partial charge in [-0.05, 0) is 66.0 Å². The van der Waals surface area contributed by atoms with E-state index in [0.29, 0.717) is 18.8 Å². The third kappa shape index (κ3) is 4.19. The number of phenols is 1. The number of nitrogens with one attached hydrogen (secondary N) is 1. The molecule has 2 N–H and O–H groups in total. The maximum Gasteiger partial charge on any atom is 0.224 e. The van der Waals surface area contributed by atoms with Gasteiger partial charge in [-0.3, -0.25) is 4.79 Å². The zero-order valence-corrected chi connectivity index (χ0v) is 19.6. The lowest BCUT2D eigenvalue weighted by Crippen LogP contribution is -2.21. The Morgan fingerprint density at radius 1 is 1.17 bits per heavy atom. The molecule has 0 bridgehead atoms. The average molecular weight is 410 g/mol. The molecule has 0 saturated carbocycles. The summed E-state index contributed by atoms with van der Waals surface area (Å²) in [6.45, 7) is 17.0. The summed E-state index contributed by atoms with van der Waals surface area (Å²) in [5.74, 6) is 1.57. The molecule has 0 aliphatic carbocycles. The molecule has 30 heavy (non-hydrogen) atoms. The van der Waals surface area contributed by atoms with Gasteiger partial charge in [0, 0.05) is 23.6 Å². The summed E-state index contributed by atoms with van der Waals surface area (Å²) in [6.07, 6.45) is 0.465. The number of phenolic OH excluding ortho intramolecular Hbond substituents is 1. The number of hydrogen-bond donors (Lipinski definition) is 2. The summed E-state index contributed by atoms with van der Waals surface area (Å²) in [6, 6.07) is 5.96. The predicted molar refractivity (Wildman–Crippen MR) is 123 cm³/mol. The summed E-state index contributed by atoms with van der Waals surface area (Å²) in [5, 5.41) is 13.7. The van der Waals surface area contributed by atoms with Gasteiger partial charge in [-0.2, -0.15) is 0 Å². The summed E-state index contributed by atoms with van der Waals surface area (Å²) >= 11 is 0. The fourth-order valence-electron chi connectivity index (χ4n) is 4.38. The van der Waals surface area contributed by atoms with E-state index in [1.54, 1.807) is 0 Å². The highest BCUT2D eigenvalue weighted by molar-refractivity contribution is 5.93. The number of anilines is 1. The number of benzene rings is 2. The normalized spacial score (nSPS) is 15.8. The van der Waals surface area contributed by atoms with Gasteiger partial charge in [0.05, 0.1) is 6.61 Å². The monoisotopic (exact) mass is 409 g/mol. The Labute approximate surface area is 180 Å². The molecule has 1 heterocycles. The molecular formula is C26H35NO3. The fraction of sp³-hybridized carbons (Fsp3) is 0.500. The van der Waals surface area contributed by atoms with Crippen molar-refractivity contribution in [1.82, 2.24) is 0 Å². The molecule has 1 aliphatic heterocycles. The minimum Gasteiger partial charge on any atom is -0.508 e. The van der Waals surface area contributed by atoms with Gasteiger partial charge in [-0.15, -0.1) is 0 Å². The maximum absolute atomic E-state index is 12.7. The lowest BCUT2D eigenvalue weighted by Gasteiger charge is -2.22. The van der Waals surface area contributed by atoms with Crippen LogP contribution in [0.5, 0.6) is 11.5 Å². The number of rotatable bonds is 4. The number of hydrogen-bond acceptors (Lipinski definition) is 3. The molecule has 0 spiro atoms. The minimum absolute atomic E-state index is 0.0300. The van der Waals surface area contributed by atoms with Gasteiger partial charge in [0.15, 0.2) is 0 Å². The molecular weight excluding hydrogens is 374 g/mol. The highest BCUT2D eigenvalue weighted by atomic mass is 16.5. The molecule has 2 aromatic rings. The van der Waals surface area contributed by atoms with Crippen LogP contribution < -0.4 is 10.1 Å². The van der Waals surface area contributed by atoms with E-state index in [9.17, 15) is 9.90 Å². The van der Waals surface area contributed by atoms with E-state index in [0.717, 1.165) is 44.8 Å². The first-order chi connectivity index (χ1) is 13.9. The second-order valence-corrected chi connectivity index (χ2v) is 10.1. The van der Waals surface area contributed by atoms with Crippen LogP contribution in [0.3, 0.4) is 0 Å². The van der Waals surface area contributed by atoms with Crippen LogP contribution in [0.1, 0.15) is 86.3 Å². The molecule has 0 saturated heterocycles. The topological polar surface area (TPSA) is 58.6 Å². The first-order valence-electron chi connectivity index (χ1n) is 10.8. The molecule has 2 aromatic carbocycles. The fourth-order valence-corrected chi connectivity index (χ4v) is 4.38. The summed E-state index contributed by atoms with van der Waals surface area (Å²) < 4.78 is 6.12. The Bertz CT molecular complexity index is 983. The standard InChI is InChI=1S/C26H35NO3/c1-14(2)19-10-9-18(11-21(19)28)20-13-30-25-16(4)15(3)24(17(5)23(20)25)27-22(29)12-26(6,7)8/h9-11,14,20,28H,12-13H2,1-8H3,(H,27,29). The van der Waals surface area contributed by atoms with Crippen molar-refractivity contribution >= 4 is 11.6 Å². The van der Waals surface area contributed by atoms with Crippen molar-refractivity contribution in [3.8, 4) is 11.5 Å². The van der Waals surface area contributed by atoms with Gasteiger partial charge in [-0.25, -0.2) is 0 Å². The van der Waals surface area contributed by atoms with Gasteiger partial charge in [0.1, 0.15) is 11.5 Å². The number of amides is 1. The first kappa shape index (κ1) is 22.2. The van der Waals surface area contributed by atoms with E-state index in [1.807, 2.05) is 19.1 Å².